The quantitative estimate of drug-likeness (QED) is 0.618. The highest BCUT2D eigenvalue weighted by Crippen LogP contribution is 2.25. The van der Waals surface area contributed by atoms with Gasteiger partial charge in [-0.2, -0.15) is 0 Å². The van der Waals surface area contributed by atoms with E-state index in [2.05, 4.69) is 0 Å². The monoisotopic (exact) mass is 463 g/mol. The molecular formula is C23H27ClFN3O4. The van der Waals surface area contributed by atoms with Crippen molar-refractivity contribution in [3.05, 3.63) is 59.4 Å². The van der Waals surface area contributed by atoms with Crippen molar-refractivity contribution >= 4 is 29.1 Å². The van der Waals surface area contributed by atoms with Crippen molar-refractivity contribution in [2.24, 2.45) is 5.73 Å². The van der Waals surface area contributed by atoms with Gasteiger partial charge in [0, 0.05) is 37.3 Å². The third kappa shape index (κ3) is 6.58. The van der Waals surface area contributed by atoms with Gasteiger partial charge < -0.3 is 25.0 Å². The van der Waals surface area contributed by atoms with Gasteiger partial charge in [-0.25, -0.2) is 4.39 Å². The average molecular weight is 464 g/mol. The third-order valence-electron chi connectivity index (χ3n) is 5.34. The SMILES string of the molecule is CN(CCC(=O)N1CCOC(COc2ccc(Cl)cc2)(CC(N)=O)C1)c1ccc(F)cc1. The van der Waals surface area contributed by atoms with Crippen molar-refractivity contribution in [2.75, 3.05) is 44.8 Å². The van der Waals surface area contributed by atoms with Crippen molar-refractivity contribution in [3.8, 4) is 5.75 Å². The van der Waals surface area contributed by atoms with Crippen molar-refractivity contribution in [1.82, 2.24) is 4.90 Å². The van der Waals surface area contributed by atoms with E-state index in [4.69, 9.17) is 26.8 Å². The lowest BCUT2D eigenvalue weighted by Gasteiger charge is -2.42. The standard InChI is InChI=1S/C23H27ClFN3O4/c1-27(19-6-4-18(25)5-7-19)11-10-22(30)28-12-13-32-23(15-28,14-21(26)29)16-31-20-8-2-17(24)3-9-20/h2-9H,10-16H2,1H3,(H2,26,29). The predicted molar refractivity (Wildman–Crippen MR) is 120 cm³/mol. The van der Waals surface area contributed by atoms with Gasteiger partial charge in [0.05, 0.1) is 19.6 Å². The Kier molecular flexibility index (Phi) is 7.93. The van der Waals surface area contributed by atoms with E-state index in [1.165, 1.54) is 12.1 Å². The Morgan fingerprint density at radius 2 is 1.91 bits per heavy atom. The number of ether oxygens (including phenoxy) is 2. The van der Waals surface area contributed by atoms with E-state index in [9.17, 15) is 14.0 Å². The molecule has 2 aromatic rings. The summed E-state index contributed by atoms with van der Waals surface area (Å²) in [5, 5.41) is 0.584. The number of morpholine rings is 1. The number of benzene rings is 2. The zero-order chi connectivity index (χ0) is 23.1. The zero-order valence-corrected chi connectivity index (χ0v) is 18.7. The highest BCUT2D eigenvalue weighted by molar-refractivity contribution is 6.30. The highest BCUT2D eigenvalue weighted by atomic mass is 35.5. The molecule has 1 atom stereocenters. The second-order valence-corrected chi connectivity index (χ2v) is 8.32. The van der Waals surface area contributed by atoms with Gasteiger partial charge in [0.2, 0.25) is 11.8 Å². The molecular weight excluding hydrogens is 437 g/mol. The molecule has 0 spiro atoms. The average Bonchev–Trinajstić information content (AvgIpc) is 2.77. The number of anilines is 1. The van der Waals surface area contributed by atoms with Crippen LogP contribution in [0.1, 0.15) is 12.8 Å². The lowest BCUT2D eigenvalue weighted by atomic mass is 9.97. The van der Waals surface area contributed by atoms with Crippen LogP contribution in [-0.2, 0) is 14.3 Å². The molecule has 2 amide bonds. The Bertz CT molecular complexity index is 926. The smallest absolute Gasteiger partial charge is 0.224 e. The minimum Gasteiger partial charge on any atom is -0.490 e. The molecule has 7 nitrogen and oxygen atoms in total. The maximum Gasteiger partial charge on any atom is 0.224 e. The van der Waals surface area contributed by atoms with E-state index in [0.717, 1.165) is 5.69 Å². The molecule has 3 rings (SSSR count). The van der Waals surface area contributed by atoms with Crippen molar-refractivity contribution in [2.45, 2.75) is 18.4 Å². The molecule has 1 aliphatic rings. The molecule has 0 aliphatic carbocycles. The van der Waals surface area contributed by atoms with Crippen LogP contribution in [0.3, 0.4) is 0 Å². The maximum absolute atomic E-state index is 13.1. The van der Waals surface area contributed by atoms with Gasteiger partial charge in [-0.15, -0.1) is 0 Å². The second kappa shape index (κ2) is 10.7. The minimum atomic E-state index is -1.03. The van der Waals surface area contributed by atoms with Crippen LogP contribution >= 0.6 is 11.6 Å². The lowest BCUT2D eigenvalue weighted by Crippen LogP contribution is -2.58. The Hall–Kier alpha value is -2.84. The first-order chi connectivity index (χ1) is 15.3. The number of hydrogen-bond donors (Lipinski definition) is 1. The molecule has 1 saturated heterocycles. The second-order valence-electron chi connectivity index (χ2n) is 7.88. The summed E-state index contributed by atoms with van der Waals surface area (Å²) in [7, 11) is 1.84. The van der Waals surface area contributed by atoms with Crippen LogP contribution in [0.4, 0.5) is 10.1 Å². The largest absolute Gasteiger partial charge is 0.490 e. The number of rotatable bonds is 9. The Morgan fingerprint density at radius 1 is 1.22 bits per heavy atom. The third-order valence-corrected chi connectivity index (χ3v) is 5.59. The number of hydrogen-bond acceptors (Lipinski definition) is 5. The molecule has 1 fully saturated rings. The van der Waals surface area contributed by atoms with E-state index >= 15 is 0 Å². The molecule has 0 radical (unpaired) electrons. The normalized spacial score (nSPS) is 18.3. The molecule has 0 saturated carbocycles. The minimum absolute atomic E-state index is 0.0663. The van der Waals surface area contributed by atoms with Crippen LogP contribution in [0, 0.1) is 5.82 Å². The Balaban J connectivity index is 1.61. The van der Waals surface area contributed by atoms with E-state index in [1.807, 2.05) is 11.9 Å². The zero-order valence-electron chi connectivity index (χ0n) is 17.9. The maximum atomic E-state index is 13.1. The molecule has 172 valence electrons. The van der Waals surface area contributed by atoms with Crippen LogP contribution in [0.15, 0.2) is 48.5 Å². The molecule has 2 N–H and O–H groups in total. The van der Waals surface area contributed by atoms with Gasteiger partial charge in [0.25, 0.3) is 0 Å². The number of nitrogens with zero attached hydrogens (tertiary/aromatic N) is 2. The first-order valence-corrected chi connectivity index (χ1v) is 10.7. The van der Waals surface area contributed by atoms with Gasteiger partial charge in [-0.1, -0.05) is 11.6 Å². The fraction of sp³-hybridized carbons (Fsp3) is 0.391. The van der Waals surface area contributed by atoms with Crippen LogP contribution in [0.2, 0.25) is 5.02 Å². The van der Waals surface area contributed by atoms with Crippen LogP contribution in [0.25, 0.3) is 0 Å². The summed E-state index contributed by atoms with van der Waals surface area (Å²) < 4.78 is 24.9. The fourth-order valence-corrected chi connectivity index (χ4v) is 3.74. The van der Waals surface area contributed by atoms with Crippen LogP contribution < -0.4 is 15.4 Å². The molecule has 2 aromatic carbocycles. The highest BCUT2D eigenvalue weighted by Gasteiger charge is 2.40. The van der Waals surface area contributed by atoms with Crippen molar-refractivity contribution in [1.29, 1.82) is 0 Å². The van der Waals surface area contributed by atoms with Crippen molar-refractivity contribution < 1.29 is 23.5 Å². The number of halogens is 2. The summed E-state index contributed by atoms with van der Waals surface area (Å²) >= 11 is 5.90. The number of carbonyl (C=O) groups excluding carboxylic acids is 2. The number of nitrogens with two attached hydrogens (primary N) is 1. The summed E-state index contributed by atoms with van der Waals surface area (Å²) in [6.45, 7) is 1.42. The summed E-state index contributed by atoms with van der Waals surface area (Å²) in [6.07, 6.45) is 0.193. The molecule has 0 bridgehead atoms. The number of primary amides is 1. The van der Waals surface area contributed by atoms with Crippen LogP contribution in [0.5, 0.6) is 5.75 Å². The molecule has 9 heteroatoms. The van der Waals surface area contributed by atoms with Gasteiger partial charge in [0.1, 0.15) is 23.8 Å². The summed E-state index contributed by atoms with van der Waals surface area (Å²) in [4.78, 5) is 28.2. The summed E-state index contributed by atoms with van der Waals surface area (Å²) in [5.41, 5.74) is 5.26. The Labute approximate surface area is 191 Å². The van der Waals surface area contributed by atoms with E-state index in [-0.39, 0.29) is 44.3 Å². The molecule has 1 aliphatic heterocycles. The predicted octanol–water partition coefficient (Wildman–Crippen LogP) is 2.86. The molecule has 0 aromatic heterocycles. The number of carbonyl (C=O) groups is 2. The van der Waals surface area contributed by atoms with Crippen molar-refractivity contribution in [3.63, 3.8) is 0 Å². The first kappa shape index (κ1) is 23.8. The number of amides is 2. The van der Waals surface area contributed by atoms with Crippen LogP contribution in [-0.4, -0.2) is 62.2 Å². The van der Waals surface area contributed by atoms with E-state index in [0.29, 0.717) is 23.9 Å². The Morgan fingerprint density at radius 3 is 2.56 bits per heavy atom. The fourth-order valence-electron chi connectivity index (χ4n) is 3.61. The van der Waals surface area contributed by atoms with Gasteiger partial charge >= 0.3 is 0 Å². The molecule has 32 heavy (non-hydrogen) atoms. The first-order valence-electron chi connectivity index (χ1n) is 10.3. The topological polar surface area (TPSA) is 85.1 Å². The lowest BCUT2D eigenvalue weighted by molar-refractivity contribution is -0.161. The van der Waals surface area contributed by atoms with E-state index < -0.39 is 11.5 Å². The summed E-state index contributed by atoms with van der Waals surface area (Å²) in [6, 6.07) is 12.9. The van der Waals surface area contributed by atoms with Gasteiger partial charge in [-0.05, 0) is 48.5 Å². The molecule has 1 unspecified atom stereocenters. The van der Waals surface area contributed by atoms with E-state index in [1.54, 1.807) is 41.3 Å². The molecule has 1 heterocycles. The van der Waals surface area contributed by atoms with Gasteiger partial charge in [-0.3, -0.25) is 9.59 Å². The summed E-state index contributed by atoms with van der Waals surface area (Å²) in [5.74, 6) is -0.331. The van der Waals surface area contributed by atoms with Gasteiger partial charge in [0.15, 0.2) is 0 Å².